The minimum Gasteiger partial charge on any atom is -0.372 e. The summed E-state index contributed by atoms with van der Waals surface area (Å²) >= 11 is 0. The van der Waals surface area contributed by atoms with Crippen molar-refractivity contribution in [2.45, 2.75) is 25.2 Å². The van der Waals surface area contributed by atoms with Crippen molar-refractivity contribution in [3.05, 3.63) is 23.8 Å². The molecule has 0 fully saturated rings. The average Bonchev–Trinajstić information content (AvgIpc) is 2.20. The molecule has 0 aromatic carbocycles. The van der Waals surface area contributed by atoms with Crippen LogP contribution in [-0.2, 0) is 14.9 Å². The van der Waals surface area contributed by atoms with Crippen LogP contribution in [0, 0.1) is 6.92 Å². The fourth-order valence-corrected chi connectivity index (χ4v) is 1.76. The number of aromatic nitrogens is 2. The van der Waals surface area contributed by atoms with Gasteiger partial charge in [-0.05, 0) is 19.4 Å². The summed E-state index contributed by atoms with van der Waals surface area (Å²) in [5, 5.41) is -1.11. The molecule has 1 radical (unpaired) electrons. The number of aryl methyl sites for hydroxylation is 1. The molecule has 0 saturated carbocycles. The van der Waals surface area contributed by atoms with E-state index in [-0.39, 0.29) is 57.2 Å². The van der Waals surface area contributed by atoms with Crippen LogP contribution in [0.3, 0.4) is 0 Å². The summed E-state index contributed by atoms with van der Waals surface area (Å²) in [6.07, 6.45) is 2.24. The van der Waals surface area contributed by atoms with Gasteiger partial charge >= 0.3 is 0 Å². The molecule has 0 bridgehead atoms. The minimum atomic E-state index is -4.18. The molecular formula is C9H14KN2O4S. The topological polar surface area (TPSA) is 89.4 Å². The van der Waals surface area contributed by atoms with E-state index in [0.717, 1.165) is 5.56 Å². The molecule has 1 rings (SSSR count). The van der Waals surface area contributed by atoms with Gasteiger partial charge in [0.1, 0.15) is 11.4 Å². The molecule has 91 valence electrons. The Labute approximate surface area is 143 Å². The Bertz CT molecular complexity index is 449. The maximum Gasteiger partial charge on any atom is 0.270 e. The van der Waals surface area contributed by atoms with Gasteiger partial charge in [-0.3, -0.25) is 4.55 Å². The van der Waals surface area contributed by atoms with Crippen LogP contribution in [-0.4, -0.2) is 86.7 Å². The summed E-state index contributed by atoms with van der Waals surface area (Å²) in [7, 11) is -2.83. The third-order valence-electron chi connectivity index (χ3n) is 2.21. The molecule has 1 N–H and O–H groups in total. The summed E-state index contributed by atoms with van der Waals surface area (Å²) < 4.78 is 35.9. The first kappa shape index (κ1) is 17.6. The van der Waals surface area contributed by atoms with Crippen LogP contribution in [0.25, 0.3) is 0 Å². The van der Waals surface area contributed by atoms with E-state index in [4.69, 9.17) is 9.29 Å². The Morgan fingerprint density at radius 2 is 1.82 bits per heavy atom. The number of methoxy groups -OCH3 is 1. The largest absolute Gasteiger partial charge is 0.372 e. The van der Waals surface area contributed by atoms with Crippen LogP contribution in [0.4, 0.5) is 0 Å². The number of hydrogen-bond donors (Lipinski definition) is 1. The van der Waals surface area contributed by atoms with Gasteiger partial charge in [0.25, 0.3) is 10.1 Å². The summed E-state index contributed by atoms with van der Waals surface area (Å²) in [6, 6.07) is 0. The number of rotatable bonds is 4. The van der Waals surface area contributed by atoms with Gasteiger partial charge in [-0.15, -0.1) is 0 Å². The van der Waals surface area contributed by atoms with E-state index in [2.05, 4.69) is 9.97 Å². The van der Waals surface area contributed by atoms with Gasteiger partial charge in [-0.25, -0.2) is 9.97 Å². The third-order valence-corrected chi connectivity index (χ3v) is 3.39. The van der Waals surface area contributed by atoms with Gasteiger partial charge in [0.15, 0.2) is 5.82 Å². The van der Waals surface area contributed by atoms with Crippen LogP contribution >= 0.6 is 0 Å². The molecule has 17 heavy (non-hydrogen) atoms. The summed E-state index contributed by atoms with van der Waals surface area (Å²) in [5.74, 6) is 0.234. The van der Waals surface area contributed by atoms with Crippen molar-refractivity contribution in [2.24, 2.45) is 0 Å². The first-order valence-electron chi connectivity index (χ1n) is 4.64. The molecule has 0 aliphatic rings. The first-order chi connectivity index (χ1) is 7.36. The molecular weight excluding hydrogens is 271 g/mol. The van der Waals surface area contributed by atoms with Crippen molar-refractivity contribution in [3.63, 3.8) is 0 Å². The summed E-state index contributed by atoms with van der Waals surface area (Å²) in [5.41, 5.74) is 0.859. The second-order valence-electron chi connectivity index (χ2n) is 3.50. The zero-order valence-corrected chi connectivity index (χ0v) is 14.2. The Balaban J connectivity index is 0.00000256. The average molecular weight is 285 g/mol. The fraction of sp³-hybridized carbons (Fsp3) is 0.556. The predicted octanol–water partition coefficient (Wildman–Crippen LogP) is 0.368. The van der Waals surface area contributed by atoms with Crippen LogP contribution in [0.2, 0.25) is 0 Å². The maximum absolute atomic E-state index is 11.0. The Morgan fingerprint density at radius 1 is 1.35 bits per heavy atom. The normalized spacial score (nSPS) is 14.8. The second-order valence-corrected chi connectivity index (χ2v) is 5.27. The molecule has 0 aliphatic carbocycles. The monoisotopic (exact) mass is 285 g/mol. The van der Waals surface area contributed by atoms with Gasteiger partial charge in [0.05, 0.1) is 0 Å². The standard InChI is InChI=1S/C9H14N2O4S.K/c1-6-4-10-9(11-5-6)8(15-3)7(2)16(12,13)14;/h4-5,7-8H,1-3H3,(H,12,13,14);/t7-,8-;/m0./s1. The van der Waals surface area contributed by atoms with E-state index in [0.29, 0.717) is 0 Å². The smallest absolute Gasteiger partial charge is 0.270 e. The molecule has 0 amide bonds. The molecule has 0 aliphatic heterocycles. The van der Waals surface area contributed by atoms with Crippen molar-refractivity contribution >= 4 is 61.5 Å². The predicted molar refractivity (Wildman–Crippen MR) is 63.3 cm³/mol. The van der Waals surface area contributed by atoms with Crippen molar-refractivity contribution in [1.82, 2.24) is 9.97 Å². The number of ether oxygens (including phenoxy) is 1. The van der Waals surface area contributed by atoms with Gasteiger partial charge in [0.2, 0.25) is 0 Å². The van der Waals surface area contributed by atoms with Crippen LogP contribution < -0.4 is 0 Å². The van der Waals surface area contributed by atoms with E-state index in [1.165, 1.54) is 14.0 Å². The molecule has 0 spiro atoms. The van der Waals surface area contributed by atoms with Gasteiger partial charge in [0, 0.05) is 70.9 Å². The van der Waals surface area contributed by atoms with E-state index in [1.807, 2.05) is 6.92 Å². The van der Waals surface area contributed by atoms with Crippen molar-refractivity contribution < 1.29 is 17.7 Å². The van der Waals surface area contributed by atoms with Crippen LogP contribution in [0.1, 0.15) is 24.4 Å². The Morgan fingerprint density at radius 3 is 2.18 bits per heavy atom. The second kappa shape index (κ2) is 7.24. The molecule has 2 atom stereocenters. The molecule has 1 aromatic heterocycles. The fourth-order valence-electron chi connectivity index (χ4n) is 1.21. The number of hydrogen-bond acceptors (Lipinski definition) is 5. The number of nitrogens with zero attached hydrogens (tertiary/aromatic N) is 2. The van der Waals surface area contributed by atoms with E-state index in [1.54, 1.807) is 12.4 Å². The Kier molecular flexibility index (Phi) is 7.49. The molecule has 6 nitrogen and oxygen atoms in total. The van der Waals surface area contributed by atoms with Crippen molar-refractivity contribution in [2.75, 3.05) is 7.11 Å². The van der Waals surface area contributed by atoms with Crippen molar-refractivity contribution in [1.29, 1.82) is 0 Å². The summed E-state index contributed by atoms with van der Waals surface area (Å²) in [6.45, 7) is 3.16. The molecule has 1 heterocycles. The molecule has 1 aromatic rings. The quantitative estimate of drug-likeness (QED) is 0.635. The van der Waals surface area contributed by atoms with Crippen molar-refractivity contribution in [3.8, 4) is 0 Å². The third kappa shape index (κ3) is 4.99. The first-order valence-corrected chi connectivity index (χ1v) is 6.14. The zero-order valence-electron chi connectivity index (χ0n) is 10.3. The van der Waals surface area contributed by atoms with E-state index < -0.39 is 21.5 Å². The maximum atomic E-state index is 11.0. The van der Waals surface area contributed by atoms with Gasteiger partial charge in [-0.2, -0.15) is 8.42 Å². The zero-order chi connectivity index (χ0) is 12.3. The molecule has 0 saturated heterocycles. The SMILES string of the molecule is CO[C@H](c1ncc(C)cn1)[C@H](C)S(=O)(=O)O.[K]. The van der Waals surface area contributed by atoms with E-state index in [9.17, 15) is 8.42 Å². The minimum absolute atomic E-state index is 0. The summed E-state index contributed by atoms with van der Waals surface area (Å²) in [4.78, 5) is 7.94. The van der Waals surface area contributed by atoms with Crippen LogP contribution in [0.5, 0.6) is 0 Å². The van der Waals surface area contributed by atoms with Crippen LogP contribution in [0.15, 0.2) is 12.4 Å². The molecule has 0 unspecified atom stereocenters. The van der Waals surface area contributed by atoms with Gasteiger partial charge in [-0.1, -0.05) is 0 Å². The van der Waals surface area contributed by atoms with Gasteiger partial charge < -0.3 is 4.74 Å². The van der Waals surface area contributed by atoms with E-state index >= 15 is 0 Å². The Hall–Kier alpha value is 0.586. The molecule has 8 heteroatoms.